The maximum atomic E-state index is 12.0. The summed E-state index contributed by atoms with van der Waals surface area (Å²) in [4.78, 5) is 22.8. The molecule has 1 aromatic heterocycles. The van der Waals surface area contributed by atoms with E-state index in [4.69, 9.17) is 9.47 Å². The van der Waals surface area contributed by atoms with E-state index in [-0.39, 0.29) is 24.5 Å². The molecule has 0 amide bonds. The zero-order valence-electron chi connectivity index (χ0n) is 17.9. The molecule has 1 aromatic rings. The van der Waals surface area contributed by atoms with E-state index in [1.807, 2.05) is 0 Å². The number of ether oxygens (including phenoxy) is 2. The van der Waals surface area contributed by atoms with E-state index in [0.29, 0.717) is 6.61 Å². The summed E-state index contributed by atoms with van der Waals surface area (Å²) in [6.07, 6.45) is -0.228. The van der Waals surface area contributed by atoms with Gasteiger partial charge in [-0.1, -0.05) is 26.6 Å². The van der Waals surface area contributed by atoms with Crippen LogP contribution < -0.4 is 0 Å². The maximum Gasteiger partial charge on any atom is 0.312 e. The van der Waals surface area contributed by atoms with Gasteiger partial charge in [-0.2, -0.15) is 5.10 Å². The summed E-state index contributed by atoms with van der Waals surface area (Å²) in [6.45, 7) is 14.1. The zero-order chi connectivity index (χ0) is 21.7. The fourth-order valence-electron chi connectivity index (χ4n) is 2.49. The second-order valence-corrected chi connectivity index (χ2v) is 14.9. The normalized spacial score (nSPS) is 14.6. The molecule has 10 heteroatoms. The van der Waals surface area contributed by atoms with E-state index in [9.17, 15) is 20.0 Å². The second-order valence-electron chi connectivity index (χ2n) is 9.23. The van der Waals surface area contributed by atoms with Crippen LogP contribution >= 0.6 is 0 Å². The number of aliphatic hydroxyl groups is 1. The summed E-state index contributed by atoms with van der Waals surface area (Å²) >= 11 is 0. The molecule has 0 aromatic carbocycles. The first-order chi connectivity index (χ1) is 12.7. The van der Waals surface area contributed by atoms with Crippen LogP contribution in [-0.2, 0) is 21.0 Å². The van der Waals surface area contributed by atoms with Crippen molar-refractivity contribution in [3.8, 4) is 0 Å². The molecule has 0 radical (unpaired) electrons. The van der Waals surface area contributed by atoms with E-state index < -0.39 is 36.6 Å². The Bertz CT molecular complexity index is 678. The topological polar surface area (TPSA) is 117 Å². The first kappa shape index (κ1) is 24.3. The predicted molar refractivity (Wildman–Crippen MR) is 108 cm³/mol. The first-order valence-corrected chi connectivity index (χ1v) is 13.1. The Morgan fingerprint density at radius 2 is 2.00 bits per heavy atom. The number of esters is 1. The molecule has 28 heavy (non-hydrogen) atoms. The molecule has 9 nitrogen and oxygen atoms in total. The molecule has 0 aliphatic rings. The van der Waals surface area contributed by atoms with Crippen molar-refractivity contribution in [1.29, 1.82) is 0 Å². The fraction of sp³-hybridized carbons (Fsp3) is 0.778. The van der Waals surface area contributed by atoms with Crippen molar-refractivity contribution in [3.63, 3.8) is 0 Å². The smallest absolute Gasteiger partial charge is 0.312 e. The number of hydrogen-bond donors (Lipinski definition) is 1. The number of carbonyl (C=O) groups excluding carboxylic acids is 1. The lowest BCUT2D eigenvalue weighted by molar-refractivity contribution is -0.386. The highest BCUT2D eigenvalue weighted by molar-refractivity contribution is 6.76. The van der Waals surface area contributed by atoms with E-state index in [2.05, 4.69) is 24.7 Å². The lowest BCUT2D eigenvalue weighted by Gasteiger charge is -2.23. The monoisotopic (exact) mass is 415 g/mol. The molecular weight excluding hydrogens is 382 g/mol. The summed E-state index contributed by atoms with van der Waals surface area (Å²) in [5.74, 6) is -1.06. The summed E-state index contributed by atoms with van der Waals surface area (Å²) < 4.78 is 12.2. The fourth-order valence-corrected chi connectivity index (χ4v) is 3.25. The number of aromatic nitrogens is 2. The summed E-state index contributed by atoms with van der Waals surface area (Å²) in [5.41, 5.74) is -0.897. The molecule has 0 saturated heterocycles. The Morgan fingerprint density at radius 3 is 2.50 bits per heavy atom. The SMILES string of the molecule is C[C@H](CC(=O)OC(C)(C)C)C(O)c1c([N+](=O)[O-])cnn1COCC[Si](C)(C)C. The lowest BCUT2D eigenvalue weighted by Crippen LogP contribution is -2.27. The minimum atomic E-state index is -1.26. The van der Waals surface area contributed by atoms with Gasteiger partial charge in [-0.15, -0.1) is 0 Å². The largest absolute Gasteiger partial charge is 0.460 e. The predicted octanol–water partition coefficient (Wildman–Crippen LogP) is 3.50. The summed E-state index contributed by atoms with van der Waals surface area (Å²) in [6, 6.07) is 0.948. The van der Waals surface area contributed by atoms with Crippen LogP contribution in [0.25, 0.3) is 0 Å². The van der Waals surface area contributed by atoms with Crippen molar-refractivity contribution in [2.45, 2.75) is 78.2 Å². The van der Waals surface area contributed by atoms with Crippen molar-refractivity contribution in [2.75, 3.05) is 6.61 Å². The standard InChI is InChI=1S/C18H33N3O6Si/c1-13(10-15(22)27-18(2,3)4)17(23)16-14(21(24)25)11-19-20(16)12-26-8-9-28(5,6)7/h11,13,17,23H,8-10,12H2,1-7H3/t13-,17?/m1/s1. The Morgan fingerprint density at radius 1 is 1.39 bits per heavy atom. The highest BCUT2D eigenvalue weighted by atomic mass is 28.3. The van der Waals surface area contributed by atoms with E-state index >= 15 is 0 Å². The molecule has 0 bridgehead atoms. The average Bonchev–Trinajstić information content (AvgIpc) is 2.91. The quantitative estimate of drug-likeness (QED) is 0.204. The van der Waals surface area contributed by atoms with Gasteiger partial charge in [0.15, 0.2) is 0 Å². The second kappa shape index (κ2) is 9.62. The third-order valence-corrected chi connectivity index (χ3v) is 5.70. The van der Waals surface area contributed by atoms with E-state index in [1.165, 1.54) is 4.68 Å². The van der Waals surface area contributed by atoms with Gasteiger partial charge in [0.2, 0.25) is 0 Å². The minimum Gasteiger partial charge on any atom is -0.460 e. The van der Waals surface area contributed by atoms with Crippen LogP contribution in [0.1, 0.15) is 45.9 Å². The van der Waals surface area contributed by atoms with Crippen LogP contribution in [0.2, 0.25) is 25.7 Å². The Kier molecular flexibility index (Phi) is 8.33. The number of hydrogen-bond acceptors (Lipinski definition) is 7. The van der Waals surface area contributed by atoms with Crippen molar-refractivity contribution < 1.29 is 24.3 Å². The maximum absolute atomic E-state index is 12.0. The molecule has 0 aliphatic heterocycles. The molecular formula is C18H33N3O6Si. The van der Waals surface area contributed by atoms with Crippen LogP contribution in [0.3, 0.4) is 0 Å². The molecule has 1 unspecified atom stereocenters. The van der Waals surface area contributed by atoms with Gasteiger partial charge in [-0.3, -0.25) is 14.9 Å². The third kappa shape index (κ3) is 8.07. The molecule has 1 heterocycles. The summed E-state index contributed by atoms with van der Waals surface area (Å²) in [5, 5.41) is 26.0. The molecule has 1 rings (SSSR count). The van der Waals surface area contributed by atoms with E-state index in [0.717, 1.165) is 12.2 Å². The van der Waals surface area contributed by atoms with Gasteiger partial charge in [0.05, 0.1) is 11.3 Å². The van der Waals surface area contributed by atoms with Gasteiger partial charge in [0, 0.05) is 14.7 Å². The number of aliphatic hydroxyl groups excluding tert-OH is 1. The lowest BCUT2D eigenvalue weighted by atomic mass is 9.97. The van der Waals surface area contributed by atoms with Gasteiger partial charge >= 0.3 is 11.7 Å². The Hall–Kier alpha value is -1.78. The van der Waals surface area contributed by atoms with Crippen molar-refractivity contribution in [2.24, 2.45) is 5.92 Å². The van der Waals surface area contributed by atoms with Crippen LogP contribution in [-0.4, -0.2) is 46.1 Å². The number of rotatable bonds is 10. The third-order valence-electron chi connectivity index (χ3n) is 3.99. The molecule has 0 aliphatic carbocycles. The van der Waals surface area contributed by atoms with Gasteiger partial charge in [0.25, 0.3) is 0 Å². The highest BCUT2D eigenvalue weighted by Crippen LogP contribution is 2.32. The van der Waals surface area contributed by atoms with Gasteiger partial charge < -0.3 is 14.6 Å². The average molecular weight is 416 g/mol. The van der Waals surface area contributed by atoms with Gasteiger partial charge in [0.1, 0.15) is 30.3 Å². The van der Waals surface area contributed by atoms with Crippen LogP contribution in [0.4, 0.5) is 5.69 Å². The molecule has 0 saturated carbocycles. The van der Waals surface area contributed by atoms with Crippen molar-refractivity contribution >= 4 is 19.7 Å². The molecule has 2 atom stereocenters. The van der Waals surface area contributed by atoms with Gasteiger partial charge in [-0.25, -0.2) is 4.68 Å². The number of carbonyl (C=O) groups is 1. The van der Waals surface area contributed by atoms with Crippen LogP contribution in [0.5, 0.6) is 0 Å². The zero-order valence-corrected chi connectivity index (χ0v) is 18.9. The molecule has 160 valence electrons. The highest BCUT2D eigenvalue weighted by Gasteiger charge is 2.32. The molecule has 1 N–H and O–H groups in total. The number of nitrogens with zero attached hydrogens (tertiary/aromatic N) is 3. The van der Waals surface area contributed by atoms with Crippen molar-refractivity contribution in [3.05, 3.63) is 22.0 Å². The summed E-state index contributed by atoms with van der Waals surface area (Å²) in [7, 11) is -1.26. The first-order valence-electron chi connectivity index (χ1n) is 9.39. The Balaban J connectivity index is 2.89. The Labute approximate surface area is 167 Å². The van der Waals surface area contributed by atoms with Crippen LogP contribution in [0, 0.1) is 16.0 Å². The molecule has 0 fully saturated rings. The van der Waals surface area contributed by atoms with E-state index in [1.54, 1.807) is 27.7 Å². The van der Waals surface area contributed by atoms with Gasteiger partial charge in [-0.05, 0) is 32.7 Å². The van der Waals surface area contributed by atoms with Crippen LogP contribution in [0.15, 0.2) is 6.20 Å². The van der Waals surface area contributed by atoms with Crippen molar-refractivity contribution in [1.82, 2.24) is 9.78 Å². The molecule has 0 spiro atoms. The number of nitro groups is 1. The minimum absolute atomic E-state index is 0.00384.